The van der Waals surface area contributed by atoms with Crippen LogP contribution in [0.2, 0.25) is 0 Å². The van der Waals surface area contributed by atoms with Crippen LogP contribution in [-0.4, -0.2) is 17.6 Å². The number of nitrogens with one attached hydrogen (secondary N) is 1. The molecule has 2 heterocycles. The fraction of sp³-hybridized carbons (Fsp3) is 0.500. The van der Waals surface area contributed by atoms with E-state index in [4.69, 9.17) is 4.98 Å². The van der Waals surface area contributed by atoms with Gasteiger partial charge in [0.2, 0.25) is 0 Å². The molecule has 0 spiro atoms. The topological polar surface area (TPSA) is 28.2 Å². The lowest BCUT2D eigenvalue weighted by Gasteiger charge is -2.37. The van der Waals surface area contributed by atoms with E-state index in [1.165, 1.54) is 46.5 Å². The minimum Gasteiger partial charge on any atom is -0.368 e. The molecule has 1 atom stereocenters. The Morgan fingerprint density at radius 2 is 1.80 bits per heavy atom. The zero-order valence-electron chi connectivity index (χ0n) is 16.5. The minimum atomic E-state index is 0.566. The summed E-state index contributed by atoms with van der Waals surface area (Å²) in [5.74, 6) is 1.04. The summed E-state index contributed by atoms with van der Waals surface area (Å²) in [6.07, 6.45) is 3.46. The number of aromatic nitrogens is 1. The smallest absolute Gasteiger partial charge is 0.135 e. The molecule has 3 heteroatoms. The monoisotopic (exact) mass is 337 g/mol. The number of anilines is 3. The summed E-state index contributed by atoms with van der Waals surface area (Å²) in [5, 5.41) is 3.68. The van der Waals surface area contributed by atoms with Gasteiger partial charge in [0.15, 0.2) is 0 Å². The average molecular weight is 338 g/mol. The zero-order chi connectivity index (χ0) is 18.1. The molecule has 2 aromatic rings. The Hall–Kier alpha value is -2.03. The highest BCUT2D eigenvalue weighted by Gasteiger charge is 2.24. The summed E-state index contributed by atoms with van der Waals surface area (Å²) in [6.45, 7) is 14.3. The lowest BCUT2D eigenvalue weighted by atomic mass is 9.99. The maximum Gasteiger partial charge on any atom is 0.135 e. The fourth-order valence-corrected chi connectivity index (χ4v) is 4.01. The van der Waals surface area contributed by atoms with Gasteiger partial charge in [-0.2, -0.15) is 0 Å². The molecule has 0 saturated carbocycles. The predicted octanol–water partition coefficient (Wildman–Crippen LogP) is 5.61. The molecule has 1 aliphatic rings. The Labute approximate surface area is 152 Å². The van der Waals surface area contributed by atoms with Gasteiger partial charge in [0.05, 0.1) is 0 Å². The van der Waals surface area contributed by atoms with Crippen LogP contribution < -0.4 is 10.2 Å². The van der Waals surface area contributed by atoms with E-state index in [9.17, 15) is 0 Å². The van der Waals surface area contributed by atoms with E-state index in [2.05, 4.69) is 70.0 Å². The van der Waals surface area contributed by atoms with Gasteiger partial charge in [-0.25, -0.2) is 4.98 Å². The molecule has 0 saturated heterocycles. The first-order valence-corrected chi connectivity index (χ1v) is 9.52. The lowest BCUT2D eigenvalue weighted by Crippen LogP contribution is -2.37. The van der Waals surface area contributed by atoms with Crippen molar-refractivity contribution < 1.29 is 0 Å². The summed E-state index contributed by atoms with van der Waals surface area (Å²) in [5.41, 5.74) is 8.90. The highest BCUT2D eigenvalue weighted by Crippen LogP contribution is 2.36. The van der Waals surface area contributed by atoms with Crippen LogP contribution in [0.3, 0.4) is 0 Å². The predicted molar refractivity (Wildman–Crippen MR) is 108 cm³/mol. The normalized spacial score (nSPS) is 15.0. The first-order chi connectivity index (χ1) is 11.9. The van der Waals surface area contributed by atoms with Crippen molar-refractivity contribution >= 4 is 17.2 Å². The first-order valence-electron chi connectivity index (χ1n) is 9.52. The van der Waals surface area contributed by atoms with Crippen LogP contribution in [0.25, 0.3) is 0 Å². The van der Waals surface area contributed by atoms with Crippen LogP contribution in [0.4, 0.5) is 17.2 Å². The number of fused-ring (bicyclic) bond motifs is 1. The Morgan fingerprint density at radius 1 is 1.12 bits per heavy atom. The Kier molecular flexibility index (Phi) is 5.03. The fourth-order valence-electron chi connectivity index (χ4n) is 4.01. The van der Waals surface area contributed by atoms with Crippen LogP contribution in [0.5, 0.6) is 0 Å². The van der Waals surface area contributed by atoms with Gasteiger partial charge in [0.1, 0.15) is 5.82 Å². The molecule has 25 heavy (non-hydrogen) atoms. The third-order valence-electron chi connectivity index (χ3n) is 5.41. The molecular formula is C22H31N3. The second kappa shape index (κ2) is 7.07. The number of benzene rings is 1. The molecule has 1 unspecified atom stereocenters. The first kappa shape index (κ1) is 17.8. The molecule has 1 aromatic heterocycles. The summed E-state index contributed by atoms with van der Waals surface area (Å²) in [6, 6.07) is 7.31. The van der Waals surface area contributed by atoms with Gasteiger partial charge in [-0.1, -0.05) is 24.6 Å². The maximum atomic E-state index is 4.87. The largest absolute Gasteiger partial charge is 0.368 e. The van der Waals surface area contributed by atoms with Crippen LogP contribution in [0.15, 0.2) is 18.2 Å². The van der Waals surface area contributed by atoms with Gasteiger partial charge in [-0.3, -0.25) is 0 Å². The maximum absolute atomic E-state index is 4.87. The SMILES string of the molecule is CCC(C)N1CCCc2c1cc(C)nc2Nc1c(C)cc(C)cc1C. The van der Waals surface area contributed by atoms with Crippen molar-refractivity contribution in [3.63, 3.8) is 0 Å². The van der Waals surface area contributed by atoms with Gasteiger partial charge in [0, 0.05) is 35.2 Å². The Balaban J connectivity index is 2.05. The highest BCUT2D eigenvalue weighted by atomic mass is 15.2. The number of aryl methyl sites for hydroxylation is 4. The molecule has 3 rings (SSSR count). The number of pyridine rings is 1. The van der Waals surface area contributed by atoms with E-state index in [1.807, 2.05) is 0 Å². The van der Waals surface area contributed by atoms with Gasteiger partial charge < -0.3 is 10.2 Å². The van der Waals surface area contributed by atoms with E-state index in [1.54, 1.807) is 0 Å². The van der Waals surface area contributed by atoms with Crippen molar-refractivity contribution in [2.75, 3.05) is 16.8 Å². The number of nitrogens with zero attached hydrogens (tertiary/aromatic N) is 2. The van der Waals surface area contributed by atoms with E-state index < -0.39 is 0 Å². The molecule has 0 fully saturated rings. The molecule has 1 aromatic carbocycles. The van der Waals surface area contributed by atoms with Crippen LogP contribution in [0, 0.1) is 27.7 Å². The quantitative estimate of drug-likeness (QED) is 0.786. The highest BCUT2D eigenvalue weighted by molar-refractivity contribution is 5.73. The van der Waals surface area contributed by atoms with Crippen LogP contribution in [0.1, 0.15) is 54.6 Å². The number of hydrogen-bond acceptors (Lipinski definition) is 3. The summed E-state index contributed by atoms with van der Waals surface area (Å²) < 4.78 is 0. The average Bonchev–Trinajstić information content (AvgIpc) is 2.56. The zero-order valence-corrected chi connectivity index (χ0v) is 16.5. The minimum absolute atomic E-state index is 0.566. The van der Waals surface area contributed by atoms with Crippen molar-refractivity contribution in [1.29, 1.82) is 0 Å². The second-order valence-electron chi connectivity index (χ2n) is 7.56. The molecule has 0 bridgehead atoms. The summed E-state index contributed by atoms with van der Waals surface area (Å²) in [4.78, 5) is 7.43. The molecule has 134 valence electrons. The molecule has 0 amide bonds. The standard InChI is InChI=1S/C22H31N3/c1-7-18(6)25-10-8-9-19-20(25)13-17(5)23-22(19)24-21-15(3)11-14(2)12-16(21)4/h11-13,18H,7-10H2,1-6H3,(H,23,24). The Morgan fingerprint density at radius 3 is 2.44 bits per heavy atom. The number of rotatable bonds is 4. The Bertz CT molecular complexity index is 756. The van der Waals surface area contributed by atoms with Gasteiger partial charge >= 0.3 is 0 Å². The molecule has 0 aliphatic carbocycles. The van der Waals surface area contributed by atoms with Crippen molar-refractivity contribution in [3.05, 3.63) is 46.1 Å². The summed E-state index contributed by atoms with van der Waals surface area (Å²) >= 11 is 0. The van der Waals surface area contributed by atoms with E-state index in [0.717, 1.165) is 24.5 Å². The molecular weight excluding hydrogens is 306 g/mol. The van der Waals surface area contributed by atoms with Crippen molar-refractivity contribution in [1.82, 2.24) is 4.98 Å². The van der Waals surface area contributed by atoms with Crippen molar-refractivity contribution in [3.8, 4) is 0 Å². The third kappa shape index (κ3) is 3.51. The summed E-state index contributed by atoms with van der Waals surface area (Å²) in [7, 11) is 0. The van der Waals surface area contributed by atoms with Crippen molar-refractivity contribution in [2.45, 2.75) is 66.8 Å². The van der Waals surface area contributed by atoms with Crippen molar-refractivity contribution in [2.24, 2.45) is 0 Å². The van der Waals surface area contributed by atoms with E-state index in [0.29, 0.717) is 6.04 Å². The van der Waals surface area contributed by atoms with Crippen LogP contribution in [-0.2, 0) is 6.42 Å². The molecule has 0 radical (unpaired) electrons. The van der Waals surface area contributed by atoms with Crippen LogP contribution >= 0.6 is 0 Å². The van der Waals surface area contributed by atoms with E-state index in [-0.39, 0.29) is 0 Å². The van der Waals surface area contributed by atoms with Gasteiger partial charge in [-0.15, -0.1) is 0 Å². The number of hydrogen-bond donors (Lipinski definition) is 1. The lowest BCUT2D eigenvalue weighted by molar-refractivity contribution is 0.579. The molecule has 1 N–H and O–H groups in total. The molecule has 3 nitrogen and oxygen atoms in total. The third-order valence-corrected chi connectivity index (χ3v) is 5.41. The van der Waals surface area contributed by atoms with E-state index >= 15 is 0 Å². The molecule has 1 aliphatic heterocycles. The van der Waals surface area contributed by atoms with Gasteiger partial charge in [-0.05, 0) is 71.1 Å². The van der Waals surface area contributed by atoms with Gasteiger partial charge in [0.25, 0.3) is 0 Å². The second-order valence-corrected chi connectivity index (χ2v) is 7.56.